The Balaban J connectivity index is 2.20. The molecule has 4 rings (SSSR count). The quantitative estimate of drug-likeness (QED) is 0.150. The average molecular weight is 709 g/mol. The van der Waals surface area contributed by atoms with Crippen LogP contribution in [0.3, 0.4) is 0 Å². The maximum atomic E-state index is 13.9. The van der Waals surface area contributed by atoms with E-state index in [9.17, 15) is 33.9 Å². The molecule has 1 saturated heterocycles. The van der Waals surface area contributed by atoms with E-state index in [4.69, 9.17) is 33.2 Å². The third kappa shape index (κ3) is 6.65. The van der Waals surface area contributed by atoms with Gasteiger partial charge in [-0.25, -0.2) is 0 Å². The van der Waals surface area contributed by atoms with Crippen molar-refractivity contribution in [1.82, 2.24) is 0 Å². The van der Waals surface area contributed by atoms with E-state index in [0.29, 0.717) is 12.0 Å². The smallest absolute Gasteiger partial charge is 0.306 e. The Hall–Kier alpha value is -3.52. The second kappa shape index (κ2) is 14.2. The van der Waals surface area contributed by atoms with Crippen molar-refractivity contribution in [3.63, 3.8) is 0 Å². The van der Waals surface area contributed by atoms with Crippen LogP contribution in [0.5, 0.6) is 0 Å². The fourth-order valence-electron chi connectivity index (χ4n) is 9.12. The summed E-state index contributed by atoms with van der Waals surface area (Å²) in [5.41, 5.74) is -6.19. The fourth-order valence-corrected chi connectivity index (χ4v) is 9.12. The monoisotopic (exact) mass is 708 g/mol. The predicted molar refractivity (Wildman–Crippen MR) is 173 cm³/mol. The van der Waals surface area contributed by atoms with Gasteiger partial charge in [0.15, 0.2) is 17.8 Å². The van der Waals surface area contributed by atoms with Gasteiger partial charge < -0.3 is 38.3 Å². The molecule has 0 aromatic heterocycles. The van der Waals surface area contributed by atoms with Gasteiger partial charge in [0.05, 0.1) is 17.9 Å². The van der Waals surface area contributed by atoms with Crippen molar-refractivity contribution in [2.24, 2.45) is 16.7 Å². The van der Waals surface area contributed by atoms with Crippen LogP contribution in [-0.4, -0.2) is 95.4 Å². The molecule has 1 N–H and O–H groups in total. The first-order chi connectivity index (χ1) is 23.2. The summed E-state index contributed by atoms with van der Waals surface area (Å²) < 4.78 is 42.5. The number of esters is 6. The topological polar surface area (TPSA) is 187 Å². The summed E-state index contributed by atoms with van der Waals surface area (Å²) in [5.74, 6) is -5.57. The highest BCUT2D eigenvalue weighted by Gasteiger charge is 2.79. The molecule has 2 saturated carbocycles. The number of fused-ring (bicyclic) bond motifs is 5. The summed E-state index contributed by atoms with van der Waals surface area (Å²) in [6, 6.07) is 0. The molecule has 0 amide bonds. The van der Waals surface area contributed by atoms with E-state index in [1.54, 1.807) is 27.7 Å². The molecule has 14 heteroatoms. The Bertz CT molecular complexity index is 1430. The molecule has 0 spiro atoms. The zero-order chi connectivity index (χ0) is 37.6. The van der Waals surface area contributed by atoms with Crippen LogP contribution in [0, 0.1) is 16.7 Å². The number of rotatable bonds is 10. The lowest BCUT2D eigenvalue weighted by Gasteiger charge is -2.69. The van der Waals surface area contributed by atoms with Crippen LogP contribution in [0.15, 0.2) is 11.1 Å². The Morgan fingerprint density at radius 2 is 1.40 bits per heavy atom. The molecular formula is C36H52O14. The number of aliphatic hydroxyl groups is 1. The van der Waals surface area contributed by atoms with E-state index < -0.39 is 100 Å². The Morgan fingerprint density at radius 3 is 1.90 bits per heavy atom. The van der Waals surface area contributed by atoms with E-state index in [1.807, 2.05) is 6.92 Å². The molecule has 0 aromatic carbocycles. The zero-order valence-electron chi connectivity index (χ0n) is 30.7. The van der Waals surface area contributed by atoms with E-state index in [1.165, 1.54) is 34.6 Å². The summed E-state index contributed by atoms with van der Waals surface area (Å²) in [6.07, 6.45) is -5.96. The average Bonchev–Trinajstić information content (AvgIpc) is 2.96. The first-order valence-corrected chi connectivity index (χ1v) is 17.3. The number of carbonyl (C=O) groups is 6. The summed E-state index contributed by atoms with van der Waals surface area (Å²) in [5, 5.41) is 13.4. The van der Waals surface area contributed by atoms with E-state index >= 15 is 0 Å². The summed E-state index contributed by atoms with van der Waals surface area (Å²) in [4.78, 5) is 78.1. The highest BCUT2D eigenvalue weighted by molar-refractivity contribution is 5.71. The molecular weight excluding hydrogens is 656 g/mol. The first kappa shape index (κ1) is 39.3. The molecule has 3 fully saturated rings. The minimum absolute atomic E-state index is 0.00328. The Labute approximate surface area is 292 Å². The summed E-state index contributed by atoms with van der Waals surface area (Å²) >= 11 is 0. The van der Waals surface area contributed by atoms with Gasteiger partial charge in [-0.15, -0.1) is 0 Å². The van der Waals surface area contributed by atoms with Gasteiger partial charge in [-0.05, 0) is 24.5 Å². The molecule has 1 aliphatic heterocycles. The molecule has 0 unspecified atom stereocenters. The van der Waals surface area contributed by atoms with Gasteiger partial charge >= 0.3 is 35.8 Å². The molecule has 280 valence electrons. The van der Waals surface area contributed by atoms with Gasteiger partial charge in [-0.3, -0.25) is 28.8 Å². The Morgan fingerprint density at radius 1 is 0.800 bits per heavy atom. The normalized spacial score (nSPS) is 36.9. The van der Waals surface area contributed by atoms with Crippen molar-refractivity contribution in [2.45, 2.75) is 156 Å². The van der Waals surface area contributed by atoms with E-state index in [2.05, 4.69) is 0 Å². The summed E-state index contributed by atoms with van der Waals surface area (Å²) in [6.45, 7) is 14.4. The zero-order valence-corrected chi connectivity index (χ0v) is 30.7. The van der Waals surface area contributed by atoms with Gasteiger partial charge in [-0.1, -0.05) is 40.5 Å². The molecule has 4 aliphatic rings. The van der Waals surface area contributed by atoms with Crippen LogP contribution in [0.2, 0.25) is 0 Å². The van der Waals surface area contributed by atoms with Crippen LogP contribution >= 0.6 is 0 Å². The number of hydrogen-bond acceptors (Lipinski definition) is 14. The Kier molecular flexibility index (Phi) is 11.2. The first-order valence-electron chi connectivity index (χ1n) is 17.3. The number of ether oxygens (including phenoxy) is 7. The molecule has 0 aromatic rings. The van der Waals surface area contributed by atoms with Crippen molar-refractivity contribution in [1.29, 1.82) is 0 Å². The van der Waals surface area contributed by atoms with E-state index in [-0.39, 0.29) is 31.4 Å². The SMILES string of the molecule is CCCCCC(=O)O[C@H]1[C@H]2[C@]3(OC(C)=O)CO[C@@H]3C[C@H](OC(C)=O)[C@@]2(C)[C@H](OC(C)=O)[C@H](OC(C)=O)C2=C(C)[C@@H](OC(C)=O)C[C@]1(O)C2(C)C. The highest BCUT2D eigenvalue weighted by Crippen LogP contribution is 2.66. The molecule has 50 heavy (non-hydrogen) atoms. The molecule has 10 atom stereocenters. The van der Waals surface area contributed by atoms with Crippen LogP contribution in [-0.2, 0) is 61.9 Å². The molecule has 0 radical (unpaired) electrons. The minimum Gasteiger partial charge on any atom is -0.462 e. The lowest BCUT2D eigenvalue weighted by Crippen LogP contribution is -2.82. The lowest BCUT2D eigenvalue weighted by molar-refractivity contribution is -0.366. The van der Waals surface area contributed by atoms with Crippen molar-refractivity contribution in [3.8, 4) is 0 Å². The lowest BCUT2D eigenvalue weighted by atomic mass is 9.44. The molecule has 3 aliphatic carbocycles. The second-order valence-corrected chi connectivity index (χ2v) is 14.9. The van der Waals surface area contributed by atoms with Gasteiger partial charge in [0, 0.05) is 59.3 Å². The van der Waals surface area contributed by atoms with Gasteiger partial charge in [0.1, 0.15) is 30.0 Å². The summed E-state index contributed by atoms with van der Waals surface area (Å²) in [7, 11) is 0. The van der Waals surface area contributed by atoms with Crippen LogP contribution in [0.1, 0.15) is 108 Å². The van der Waals surface area contributed by atoms with Gasteiger partial charge in [0.2, 0.25) is 0 Å². The standard InChI is InChI=1S/C36H52O14/c1-11-12-13-14-27(42)49-32-30-34(10,25(46-20(4)38)15-26-35(30,17-44-26)50-23(7)41)31(48-22(6)40)29(47-21(5)39)28-18(2)24(45-19(3)37)16-36(32,43)33(28,8)9/h24-26,29-32,43H,11-17H2,1-10H3/t24-,25-,26+,29+,30+,31+,32-,34+,35-,36+/m0/s1. The van der Waals surface area contributed by atoms with Crippen molar-refractivity contribution >= 4 is 35.8 Å². The molecule has 1 heterocycles. The van der Waals surface area contributed by atoms with Gasteiger partial charge in [-0.2, -0.15) is 0 Å². The van der Waals surface area contributed by atoms with Gasteiger partial charge in [0.25, 0.3) is 0 Å². The van der Waals surface area contributed by atoms with Crippen LogP contribution in [0.4, 0.5) is 0 Å². The number of unbranched alkanes of at least 4 members (excludes halogenated alkanes) is 2. The maximum absolute atomic E-state index is 13.9. The third-order valence-corrected chi connectivity index (χ3v) is 11.3. The highest BCUT2D eigenvalue weighted by atomic mass is 16.6. The third-order valence-electron chi connectivity index (χ3n) is 11.3. The van der Waals surface area contributed by atoms with E-state index in [0.717, 1.165) is 12.8 Å². The van der Waals surface area contributed by atoms with Crippen LogP contribution < -0.4 is 0 Å². The fraction of sp³-hybridized carbons (Fsp3) is 0.778. The molecule has 14 nitrogen and oxygen atoms in total. The largest absolute Gasteiger partial charge is 0.462 e. The maximum Gasteiger partial charge on any atom is 0.306 e. The van der Waals surface area contributed by atoms with Crippen molar-refractivity contribution in [3.05, 3.63) is 11.1 Å². The number of hydrogen-bond donors (Lipinski definition) is 1. The molecule has 2 bridgehead atoms. The van der Waals surface area contributed by atoms with Crippen molar-refractivity contribution in [2.75, 3.05) is 6.61 Å². The number of carbonyl (C=O) groups excluding carboxylic acids is 6. The van der Waals surface area contributed by atoms with Crippen LogP contribution in [0.25, 0.3) is 0 Å². The van der Waals surface area contributed by atoms with Crippen molar-refractivity contribution < 1.29 is 67.0 Å². The second-order valence-electron chi connectivity index (χ2n) is 14.9. The predicted octanol–water partition coefficient (Wildman–Crippen LogP) is 3.42. The minimum atomic E-state index is -2.13.